The average Bonchev–Trinajstić information content (AvgIpc) is 2.74. The van der Waals surface area contributed by atoms with Crippen molar-refractivity contribution in [1.29, 1.82) is 0 Å². The maximum absolute atomic E-state index is 11.8. The standard InChI is InChI=1S/C21H22ClN3O5/c1-3-6-15-9-14(10-18(29-2)21(15)28)11-24-25-19(26)12-23-20(27)13-30-17-8-5-4-7-16(17)22/h3-5,7-11,28H,1,6,12-13H2,2H3,(H,23,27)(H,25,26)/b24-11-. The molecule has 2 rings (SSSR count). The zero-order chi connectivity index (χ0) is 21.9. The Balaban J connectivity index is 1.82. The van der Waals surface area contributed by atoms with Gasteiger partial charge in [-0.3, -0.25) is 9.59 Å². The highest BCUT2D eigenvalue weighted by Crippen LogP contribution is 2.31. The Kier molecular flexibility index (Phi) is 8.71. The molecule has 8 nitrogen and oxygen atoms in total. The number of carbonyl (C=O) groups excluding carboxylic acids is 2. The fourth-order valence-corrected chi connectivity index (χ4v) is 2.57. The molecule has 2 aromatic rings. The van der Waals surface area contributed by atoms with Gasteiger partial charge in [0.05, 0.1) is 24.9 Å². The number of hydrazone groups is 1. The van der Waals surface area contributed by atoms with E-state index in [1.165, 1.54) is 13.3 Å². The first-order valence-electron chi connectivity index (χ1n) is 8.91. The summed E-state index contributed by atoms with van der Waals surface area (Å²) in [7, 11) is 1.44. The fraction of sp³-hybridized carbons (Fsp3) is 0.190. The van der Waals surface area contributed by atoms with Crippen LogP contribution >= 0.6 is 11.6 Å². The molecule has 0 bridgehead atoms. The quantitative estimate of drug-likeness (QED) is 0.304. The Hall–Kier alpha value is -3.52. The molecule has 0 unspecified atom stereocenters. The van der Waals surface area contributed by atoms with Crippen molar-refractivity contribution >= 4 is 29.6 Å². The van der Waals surface area contributed by atoms with E-state index in [9.17, 15) is 14.7 Å². The highest BCUT2D eigenvalue weighted by molar-refractivity contribution is 6.32. The minimum Gasteiger partial charge on any atom is -0.504 e. The summed E-state index contributed by atoms with van der Waals surface area (Å²) < 4.78 is 10.4. The number of nitrogens with one attached hydrogen (secondary N) is 2. The summed E-state index contributed by atoms with van der Waals surface area (Å²) in [5, 5.41) is 16.7. The van der Waals surface area contributed by atoms with Crippen molar-refractivity contribution in [2.45, 2.75) is 6.42 Å². The summed E-state index contributed by atoms with van der Waals surface area (Å²) in [5.41, 5.74) is 3.53. The number of para-hydroxylation sites is 1. The van der Waals surface area contributed by atoms with Crippen molar-refractivity contribution in [3.63, 3.8) is 0 Å². The molecule has 3 N–H and O–H groups in total. The molecule has 0 radical (unpaired) electrons. The summed E-state index contributed by atoms with van der Waals surface area (Å²) in [5.74, 6) is -0.308. The number of ether oxygens (including phenoxy) is 2. The molecular weight excluding hydrogens is 410 g/mol. The minimum absolute atomic E-state index is 0.0281. The van der Waals surface area contributed by atoms with E-state index in [1.807, 2.05) is 0 Å². The second-order valence-electron chi connectivity index (χ2n) is 6.01. The van der Waals surface area contributed by atoms with Crippen molar-refractivity contribution in [3.05, 3.63) is 65.2 Å². The number of aromatic hydroxyl groups is 1. The van der Waals surface area contributed by atoms with Crippen LogP contribution in [0, 0.1) is 0 Å². The topological polar surface area (TPSA) is 109 Å². The van der Waals surface area contributed by atoms with Crippen LogP contribution in [0.15, 0.2) is 54.2 Å². The second-order valence-corrected chi connectivity index (χ2v) is 6.42. The third kappa shape index (κ3) is 6.82. The van der Waals surface area contributed by atoms with Gasteiger partial charge in [-0.2, -0.15) is 5.10 Å². The molecule has 2 aromatic carbocycles. The zero-order valence-corrected chi connectivity index (χ0v) is 17.1. The van der Waals surface area contributed by atoms with Gasteiger partial charge in [-0.05, 0) is 36.2 Å². The number of nitrogens with zero attached hydrogens (tertiary/aromatic N) is 1. The molecule has 0 aliphatic carbocycles. The van der Waals surface area contributed by atoms with Crippen LogP contribution in [0.1, 0.15) is 11.1 Å². The highest BCUT2D eigenvalue weighted by Gasteiger charge is 2.10. The summed E-state index contributed by atoms with van der Waals surface area (Å²) in [6.45, 7) is 3.09. The molecule has 0 atom stereocenters. The van der Waals surface area contributed by atoms with E-state index in [4.69, 9.17) is 21.1 Å². The lowest BCUT2D eigenvalue weighted by atomic mass is 10.1. The largest absolute Gasteiger partial charge is 0.504 e. The number of halogens is 1. The number of phenolic OH excluding ortho intramolecular Hbond substituents is 1. The van der Waals surface area contributed by atoms with Crippen LogP contribution < -0.4 is 20.2 Å². The van der Waals surface area contributed by atoms with Crippen LogP contribution in [0.2, 0.25) is 5.02 Å². The number of phenols is 1. The minimum atomic E-state index is -0.519. The zero-order valence-electron chi connectivity index (χ0n) is 16.4. The number of hydrogen-bond acceptors (Lipinski definition) is 6. The summed E-state index contributed by atoms with van der Waals surface area (Å²) in [6.07, 6.45) is 3.49. The van der Waals surface area contributed by atoms with Gasteiger partial charge in [0.25, 0.3) is 11.8 Å². The van der Waals surface area contributed by atoms with E-state index in [1.54, 1.807) is 42.5 Å². The molecule has 0 aromatic heterocycles. The van der Waals surface area contributed by atoms with Gasteiger partial charge < -0.3 is 19.9 Å². The normalized spacial score (nSPS) is 10.5. The Labute approximate surface area is 179 Å². The molecule has 0 heterocycles. The molecule has 158 valence electrons. The maximum atomic E-state index is 11.8. The average molecular weight is 432 g/mol. The van der Waals surface area contributed by atoms with Crippen molar-refractivity contribution in [2.75, 3.05) is 20.3 Å². The first kappa shape index (κ1) is 22.8. The van der Waals surface area contributed by atoms with Crippen LogP contribution in [0.3, 0.4) is 0 Å². The number of hydrogen-bond donors (Lipinski definition) is 3. The first-order valence-corrected chi connectivity index (χ1v) is 9.29. The van der Waals surface area contributed by atoms with E-state index in [0.29, 0.717) is 28.3 Å². The molecular formula is C21H22ClN3O5. The van der Waals surface area contributed by atoms with Gasteiger partial charge in [0.1, 0.15) is 5.75 Å². The molecule has 0 aliphatic heterocycles. The third-order valence-electron chi connectivity index (χ3n) is 3.80. The van der Waals surface area contributed by atoms with E-state index in [-0.39, 0.29) is 24.7 Å². The van der Waals surface area contributed by atoms with Crippen LogP contribution in [-0.2, 0) is 16.0 Å². The Bertz CT molecular complexity index is 946. The second kappa shape index (κ2) is 11.5. The van der Waals surface area contributed by atoms with Crippen LogP contribution in [0.25, 0.3) is 0 Å². The van der Waals surface area contributed by atoms with Gasteiger partial charge in [-0.1, -0.05) is 29.8 Å². The van der Waals surface area contributed by atoms with E-state index < -0.39 is 11.8 Å². The van der Waals surface area contributed by atoms with Crippen molar-refractivity contribution in [2.24, 2.45) is 5.10 Å². The molecule has 30 heavy (non-hydrogen) atoms. The monoisotopic (exact) mass is 431 g/mol. The molecule has 0 saturated heterocycles. The van der Waals surface area contributed by atoms with Crippen LogP contribution in [0.5, 0.6) is 17.2 Å². The highest BCUT2D eigenvalue weighted by atomic mass is 35.5. The lowest BCUT2D eigenvalue weighted by Gasteiger charge is -2.09. The van der Waals surface area contributed by atoms with Crippen LogP contribution in [0.4, 0.5) is 0 Å². The van der Waals surface area contributed by atoms with Gasteiger partial charge in [-0.15, -0.1) is 6.58 Å². The Morgan fingerprint density at radius 2 is 2.00 bits per heavy atom. The smallest absolute Gasteiger partial charge is 0.259 e. The summed E-state index contributed by atoms with van der Waals surface area (Å²) in [6, 6.07) is 10.0. The number of rotatable bonds is 10. The van der Waals surface area contributed by atoms with Crippen molar-refractivity contribution in [1.82, 2.24) is 10.7 Å². The lowest BCUT2D eigenvalue weighted by molar-refractivity contribution is -0.127. The number of benzene rings is 2. The third-order valence-corrected chi connectivity index (χ3v) is 4.12. The number of amides is 2. The Morgan fingerprint density at radius 1 is 1.23 bits per heavy atom. The molecule has 9 heteroatoms. The molecule has 0 saturated carbocycles. The molecule has 2 amide bonds. The van der Waals surface area contributed by atoms with Crippen molar-refractivity contribution in [3.8, 4) is 17.2 Å². The SMILES string of the molecule is C=CCc1cc(/C=N\NC(=O)CNC(=O)COc2ccccc2Cl)cc(OC)c1O. The van der Waals surface area contributed by atoms with Gasteiger partial charge in [0.2, 0.25) is 0 Å². The first-order chi connectivity index (χ1) is 14.4. The van der Waals surface area contributed by atoms with E-state index in [2.05, 4.69) is 22.4 Å². The predicted octanol–water partition coefficient (Wildman–Crippen LogP) is 2.43. The number of methoxy groups -OCH3 is 1. The molecule has 0 fully saturated rings. The lowest BCUT2D eigenvalue weighted by Crippen LogP contribution is -2.37. The van der Waals surface area contributed by atoms with E-state index >= 15 is 0 Å². The fourth-order valence-electron chi connectivity index (χ4n) is 2.38. The van der Waals surface area contributed by atoms with Gasteiger partial charge in [-0.25, -0.2) is 5.43 Å². The number of carbonyl (C=O) groups is 2. The summed E-state index contributed by atoms with van der Waals surface area (Å²) in [4.78, 5) is 23.6. The van der Waals surface area contributed by atoms with Gasteiger partial charge in [0.15, 0.2) is 18.1 Å². The Morgan fingerprint density at radius 3 is 2.70 bits per heavy atom. The maximum Gasteiger partial charge on any atom is 0.259 e. The van der Waals surface area contributed by atoms with Crippen LogP contribution in [-0.4, -0.2) is 43.4 Å². The van der Waals surface area contributed by atoms with Crippen molar-refractivity contribution < 1.29 is 24.2 Å². The molecule has 0 spiro atoms. The summed E-state index contributed by atoms with van der Waals surface area (Å²) >= 11 is 5.93. The predicted molar refractivity (Wildman–Crippen MR) is 114 cm³/mol. The molecule has 0 aliphatic rings. The number of allylic oxidation sites excluding steroid dienone is 1. The van der Waals surface area contributed by atoms with Gasteiger partial charge >= 0.3 is 0 Å². The van der Waals surface area contributed by atoms with E-state index in [0.717, 1.165) is 0 Å². The van der Waals surface area contributed by atoms with Gasteiger partial charge in [0, 0.05) is 5.56 Å².